The topological polar surface area (TPSA) is 52.6 Å². The van der Waals surface area contributed by atoms with E-state index in [4.69, 9.17) is 9.47 Å². The predicted octanol–water partition coefficient (Wildman–Crippen LogP) is 5.43. The molecule has 0 saturated heterocycles. The minimum Gasteiger partial charge on any atom is -0.459 e. The number of hydrogen-bond acceptors (Lipinski definition) is 4. The second kappa shape index (κ2) is 10.3. The molecule has 0 aliphatic rings. The number of carbonyl (C=O) groups is 2. The molecule has 1 rings (SSSR count). The molecule has 0 radical (unpaired) electrons. The van der Waals surface area contributed by atoms with E-state index in [1.165, 1.54) is 0 Å². The summed E-state index contributed by atoms with van der Waals surface area (Å²) in [5.41, 5.74) is 1.45. The molecule has 2 unspecified atom stereocenters. The van der Waals surface area contributed by atoms with Crippen LogP contribution in [0, 0.1) is 11.8 Å². The summed E-state index contributed by atoms with van der Waals surface area (Å²) < 4.78 is 11.4. The Kier molecular flexibility index (Phi) is 8.83. The lowest BCUT2D eigenvalue weighted by Crippen LogP contribution is -2.27. The minimum absolute atomic E-state index is 0.171. The number of hydrogen-bond donors (Lipinski definition) is 0. The lowest BCUT2D eigenvalue weighted by molar-refractivity contribution is 0.0126. The fourth-order valence-electron chi connectivity index (χ4n) is 3.08. The molecule has 146 valence electrons. The highest BCUT2D eigenvalue weighted by molar-refractivity contribution is 6.04. The lowest BCUT2D eigenvalue weighted by Gasteiger charge is -2.23. The van der Waals surface area contributed by atoms with Crippen LogP contribution >= 0.6 is 0 Å². The Morgan fingerprint density at radius 2 is 1.35 bits per heavy atom. The number of rotatable bonds is 9. The van der Waals surface area contributed by atoms with Crippen molar-refractivity contribution in [1.29, 1.82) is 0 Å². The fraction of sp³-hybridized carbons (Fsp3) is 0.636. The third kappa shape index (κ3) is 5.58. The van der Waals surface area contributed by atoms with Gasteiger partial charge in [0, 0.05) is 0 Å². The van der Waals surface area contributed by atoms with Gasteiger partial charge in [0.1, 0.15) is 12.2 Å². The first-order valence-electron chi connectivity index (χ1n) is 9.80. The van der Waals surface area contributed by atoms with Gasteiger partial charge in [-0.15, -0.1) is 0 Å². The lowest BCUT2D eigenvalue weighted by atomic mass is 9.98. The highest BCUT2D eigenvalue weighted by atomic mass is 16.6. The molecule has 0 heterocycles. The predicted molar refractivity (Wildman–Crippen MR) is 104 cm³/mol. The molecule has 4 heteroatoms. The summed E-state index contributed by atoms with van der Waals surface area (Å²) in [6, 6.07) is 5.31. The molecule has 0 aliphatic carbocycles. The third-order valence-electron chi connectivity index (χ3n) is 4.76. The monoisotopic (exact) mass is 362 g/mol. The van der Waals surface area contributed by atoms with E-state index >= 15 is 0 Å². The molecular formula is C22H34O4. The summed E-state index contributed by atoms with van der Waals surface area (Å²) in [6.07, 6.45) is 1.78. The van der Waals surface area contributed by atoms with Gasteiger partial charge in [-0.25, -0.2) is 9.59 Å². The Hall–Kier alpha value is -1.84. The van der Waals surface area contributed by atoms with E-state index < -0.39 is 11.9 Å². The first-order chi connectivity index (χ1) is 12.3. The quantitative estimate of drug-likeness (QED) is 0.550. The Labute approximate surface area is 158 Å². The van der Waals surface area contributed by atoms with Crippen LogP contribution in [0.1, 0.15) is 87.6 Å². The smallest absolute Gasteiger partial charge is 0.339 e. The third-order valence-corrected chi connectivity index (χ3v) is 4.76. The van der Waals surface area contributed by atoms with E-state index in [1.807, 2.05) is 54.5 Å². The summed E-state index contributed by atoms with van der Waals surface area (Å²) in [6.45, 7) is 14.0. The van der Waals surface area contributed by atoms with E-state index in [-0.39, 0.29) is 24.0 Å². The summed E-state index contributed by atoms with van der Waals surface area (Å²) >= 11 is 0. The van der Waals surface area contributed by atoms with Gasteiger partial charge in [0.05, 0.1) is 11.1 Å². The standard InChI is InChI=1S/C22H34O4/c1-8-16-12-11-13-17(21(23)25-18(9-2)14(4)5)20(16)22(24)26-19(10-3)15(6)7/h11-15,18-19H,8-10H2,1-7H3. The first kappa shape index (κ1) is 22.2. The molecule has 2 atom stereocenters. The van der Waals surface area contributed by atoms with Gasteiger partial charge in [0.15, 0.2) is 0 Å². The SMILES string of the molecule is CCc1cccc(C(=O)OC(CC)C(C)C)c1C(=O)OC(CC)C(C)C. The van der Waals surface area contributed by atoms with Gasteiger partial charge in [-0.05, 0) is 42.7 Å². The second-order valence-corrected chi connectivity index (χ2v) is 7.39. The number of aryl methyl sites for hydroxylation is 1. The van der Waals surface area contributed by atoms with Gasteiger partial charge in [-0.2, -0.15) is 0 Å². The van der Waals surface area contributed by atoms with Crippen molar-refractivity contribution >= 4 is 11.9 Å². The van der Waals surface area contributed by atoms with Crippen molar-refractivity contribution in [3.05, 3.63) is 34.9 Å². The van der Waals surface area contributed by atoms with Crippen LogP contribution in [-0.2, 0) is 15.9 Å². The Balaban J connectivity index is 3.21. The molecule has 0 fully saturated rings. The van der Waals surface area contributed by atoms with E-state index in [1.54, 1.807) is 12.1 Å². The largest absolute Gasteiger partial charge is 0.459 e. The number of ether oxygens (including phenoxy) is 2. The van der Waals surface area contributed by atoms with Crippen molar-refractivity contribution in [2.45, 2.75) is 79.9 Å². The van der Waals surface area contributed by atoms with Gasteiger partial charge in [0.25, 0.3) is 0 Å². The van der Waals surface area contributed by atoms with Crippen LogP contribution in [0.3, 0.4) is 0 Å². The second-order valence-electron chi connectivity index (χ2n) is 7.39. The van der Waals surface area contributed by atoms with Crippen LogP contribution in [0.15, 0.2) is 18.2 Å². The highest BCUT2D eigenvalue weighted by Crippen LogP contribution is 2.23. The molecule has 0 bridgehead atoms. The molecule has 4 nitrogen and oxygen atoms in total. The van der Waals surface area contributed by atoms with Crippen molar-refractivity contribution in [2.75, 3.05) is 0 Å². The molecule has 0 amide bonds. The summed E-state index contributed by atoms with van der Waals surface area (Å²) in [7, 11) is 0. The van der Waals surface area contributed by atoms with Crippen LogP contribution in [-0.4, -0.2) is 24.1 Å². The number of benzene rings is 1. The molecule has 1 aromatic rings. The summed E-state index contributed by atoms with van der Waals surface area (Å²) in [5, 5.41) is 0. The van der Waals surface area contributed by atoms with Gasteiger partial charge in [-0.3, -0.25) is 0 Å². The zero-order valence-corrected chi connectivity index (χ0v) is 17.3. The maximum absolute atomic E-state index is 12.9. The first-order valence-corrected chi connectivity index (χ1v) is 9.80. The average Bonchev–Trinajstić information content (AvgIpc) is 2.62. The number of carbonyl (C=O) groups excluding carboxylic acids is 2. The van der Waals surface area contributed by atoms with Crippen LogP contribution in [0.2, 0.25) is 0 Å². The van der Waals surface area contributed by atoms with E-state index in [9.17, 15) is 9.59 Å². The summed E-state index contributed by atoms with van der Waals surface area (Å²) in [4.78, 5) is 25.7. The van der Waals surface area contributed by atoms with Crippen molar-refractivity contribution in [1.82, 2.24) is 0 Å². The molecule has 0 N–H and O–H groups in total. The Morgan fingerprint density at radius 1 is 0.846 bits per heavy atom. The zero-order valence-electron chi connectivity index (χ0n) is 17.3. The molecule has 26 heavy (non-hydrogen) atoms. The van der Waals surface area contributed by atoms with E-state index in [0.29, 0.717) is 17.5 Å². The van der Waals surface area contributed by atoms with Crippen LogP contribution in [0.5, 0.6) is 0 Å². The molecule has 1 aromatic carbocycles. The van der Waals surface area contributed by atoms with Gasteiger partial charge >= 0.3 is 11.9 Å². The van der Waals surface area contributed by atoms with Gasteiger partial charge in [-0.1, -0.05) is 60.6 Å². The van der Waals surface area contributed by atoms with Crippen molar-refractivity contribution in [3.63, 3.8) is 0 Å². The highest BCUT2D eigenvalue weighted by Gasteiger charge is 2.27. The normalized spacial score (nSPS) is 13.6. The zero-order chi connectivity index (χ0) is 19.9. The maximum Gasteiger partial charge on any atom is 0.339 e. The van der Waals surface area contributed by atoms with Gasteiger partial charge in [0.2, 0.25) is 0 Å². The van der Waals surface area contributed by atoms with E-state index in [2.05, 4.69) is 0 Å². The van der Waals surface area contributed by atoms with Crippen LogP contribution < -0.4 is 0 Å². The van der Waals surface area contributed by atoms with Gasteiger partial charge < -0.3 is 9.47 Å². The molecular weight excluding hydrogens is 328 g/mol. The average molecular weight is 363 g/mol. The summed E-state index contributed by atoms with van der Waals surface area (Å²) in [5.74, 6) is -0.449. The van der Waals surface area contributed by atoms with Crippen molar-refractivity contribution in [3.8, 4) is 0 Å². The van der Waals surface area contributed by atoms with Crippen LogP contribution in [0.25, 0.3) is 0 Å². The molecule has 0 aromatic heterocycles. The maximum atomic E-state index is 12.9. The van der Waals surface area contributed by atoms with E-state index in [0.717, 1.165) is 18.4 Å². The fourth-order valence-corrected chi connectivity index (χ4v) is 3.08. The molecule has 0 aliphatic heterocycles. The minimum atomic E-state index is -0.453. The Morgan fingerprint density at radius 3 is 1.77 bits per heavy atom. The van der Waals surface area contributed by atoms with Crippen molar-refractivity contribution in [2.24, 2.45) is 11.8 Å². The molecule has 0 spiro atoms. The number of esters is 2. The van der Waals surface area contributed by atoms with Crippen LogP contribution in [0.4, 0.5) is 0 Å². The van der Waals surface area contributed by atoms with Crippen molar-refractivity contribution < 1.29 is 19.1 Å². The molecule has 0 saturated carbocycles. The Bertz CT molecular complexity index is 604.